The van der Waals surface area contributed by atoms with Gasteiger partial charge in [0.05, 0.1) is 5.56 Å². The van der Waals surface area contributed by atoms with Gasteiger partial charge in [-0.25, -0.2) is 4.39 Å². The number of amidine groups is 1. The minimum absolute atomic E-state index is 0.176. The molecule has 0 aromatic heterocycles. The van der Waals surface area contributed by atoms with Gasteiger partial charge >= 0.3 is 0 Å². The van der Waals surface area contributed by atoms with Crippen molar-refractivity contribution in [2.45, 2.75) is 19.8 Å². The van der Waals surface area contributed by atoms with E-state index in [1.54, 1.807) is 12.1 Å². The highest BCUT2D eigenvalue weighted by Crippen LogP contribution is 2.32. The first-order valence-corrected chi connectivity index (χ1v) is 6.24. The molecule has 0 aliphatic rings. The van der Waals surface area contributed by atoms with Crippen LogP contribution >= 0.6 is 0 Å². The second-order valence-electron chi connectivity index (χ2n) is 4.82. The van der Waals surface area contributed by atoms with Crippen molar-refractivity contribution in [3.8, 4) is 11.1 Å². The van der Waals surface area contributed by atoms with Crippen LogP contribution in [-0.2, 0) is 0 Å². The fourth-order valence-corrected chi connectivity index (χ4v) is 2.27. The molecule has 0 bridgehead atoms. The van der Waals surface area contributed by atoms with Gasteiger partial charge in [-0.05, 0) is 28.7 Å². The molecular weight excluding hydrogens is 239 g/mol. The molecule has 0 unspecified atom stereocenters. The monoisotopic (exact) mass is 256 g/mol. The number of halogens is 1. The van der Waals surface area contributed by atoms with Crippen LogP contribution in [0.15, 0.2) is 42.5 Å². The lowest BCUT2D eigenvalue weighted by Crippen LogP contribution is -2.15. The van der Waals surface area contributed by atoms with Crippen LogP contribution in [0.25, 0.3) is 11.1 Å². The highest BCUT2D eigenvalue weighted by molar-refractivity contribution is 6.02. The Kier molecular flexibility index (Phi) is 3.65. The third kappa shape index (κ3) is 2.50. The highest BCUT2D eigenvalue weighted by atomic mass is 19.1. The van der Waals surface area contributed by atoms with Gasteiger partial charge in [0.15, 0.2) is 0 Å². The van der Waals surface area contributed by atoms with Crippen LogP contribution in [0.4, 0.5) is 4.39 Å². The number of nitrogens with one attached hydrogen (secondary N) is 1. The van der Waals surface area contributed by atoms with Crippen molar-refractivity contribution in [1.29, 1.82) is 5.41 Å². The molecule has 0 atom stereocenters. The zero-order valence-electron chi connectivity index (χ0n) is 11.1. The lowest BCUT2D eigenvalue weighted by molar-refractivity contribution is 0.625. The first kappa shape index (κ1) is 13.3. The largest absolute Gasteiger partial charge is 0.384 e. The molecule has 19 heavy (non-hydrogen) atoms. The van der Waals surface area contributed by atoms with E-state index in [0.717, 1.165) is 11.1 Å². The average Bonchev–Trinajstić information content (AvgIpc) is 2.37. The molecule has 0 heterocycles. The lowest BCUT2D eigenvalue weighted by Gasteiger charge is -2.16. The Balaban J connectivity index is 2.73. The van der Waals surface area contributed by atoms with Gasteiger partial charge in [-0.15, -0.1) is 0 Å². The zero-order valence-corrected chi connectivity index (χ0v) is 11.1. The second kappa shape index (κ2) is 5.22. The van der Waals surface area contributed by atoms with Gasteiger partial charge in [-0.2, -0.15) is 0 Å². The Hall–Kier alpha value is -2.16. The third-order valence-corrected chi connectivity index (χ3v) is 3.16. The number of rotatable bonds is 3. The Labute approximate surface area is 112 Å². The molecule has 0 spiro atoms. The summed E-state index contributed by atoms with van der Waals surface area (Å²) in [7, 11) is 0. The van der Waals surface area contributed by atoms with Crippen molar-refractivity contribution in [3.05, 3.63) is 59.4 Å². The predicted octanol–water partition coefficient (Wildman–Crippen LogP) is 3.90. The van der Waals surface area contributed by atoms with Gasteiger partial charge in [-0.1, -0.05) is 50.2 Å². The standard InChI is InChI=1S/C16H17FN2/c1-10(2)11-6-3-4-7-12(11)13-8-5-9-14(17)15(13)16(18)19/h3-10H,1-2H3,(H3,18,19). The number of hydrogen-bond donors (Lipinski definition) is 2. The molecule has 0 radical (unpaired) electrons. The SMILES string of the molecule is CC(C)c1ccccc1-c1cccc(F)c1C(=N)N. The van der Waals surface area contributed by atoms with E-state index >= 15 is 0 Å². The van der Waals surface area contributed by atoms with Crippen LogP contribution in [0.3, 0.4) is 0 Å². The second-order valence-corrected chi connectivity index (χ2v) is 4.82. The molecule has 0 saturated heterocycles. The summed E-state index contributed by atoms with van der Waals surface area (Å²) in [5.74, 6) is -0.380. The maximum atomic E-state index is 13.9. The molecular formula is C16H17FN2. The van der Waals surface area contributed by atoms with E-state index in [1.807, 2.05) is 24.3 Å². The van der Waals surface area contributed by atoms with E-state index < -0.39 is 5.82 Å². The fourth-order valence-electron chi connectivity index (χ4n) is 2.27. The summed E-state index contributed by atoms with van der Waals surface area (Å²) < 4.78 is 13.9. The van der Waals surface area contributed by atoms with Crippen molar-refractivity contribution >= 4 is 5.84 Å². The van der Waals surface area contributed by atoms with Crippen LogP contribution in [-0.4, -0.2) is 5.84 Å². The van der Waals surface area contributed by atoms with E-state index in [0.29, 0.717) is 11.5 Å². The number of nitrogen functional groups attached to an aromatic ring is 1. The van der Waals surface area contributed by atoms with Gasteiger partial charge in [0.25, 0.3) is 0 Å². The number of hydrogen-bond acceptors (Lipinski definition) is 1. The van der Waals surface area contributed by atoms with Crippen LogP contribution in [0.2, 0.25) is 0 Å². The summed E-state index contributed by atoms with van der Waals surface area (Å²) in [6.07, 6.45) is 0. The van der Waals surface area contributed by atoms with Crippen LogP contribution < -0.4 is 5.73 Å². The predicted molar refractivity (Wildman–Crippen MR) is 76.9 cm³/mol. The lowest BCUT2D eigenvalue weighted by atomic mass is 9.90. The molecule has 2 aromatic carbocycles. The summed E-state index contributed by atoms with van der Waals surface area (Å²) in [4.78, 5) is 0. The minimum atomic E-state index is -0.455. The van der Waals surface area contributed by atoms with E-state index in [1.165, 1.54) is 6.07 Å². The van der Waals surface area contributed by atoms with Gasteiger partial charge < -0.3 is 5.73 Å². The molecule has 3 N–H and O–H groups in total. The first-order valence-electron chi connectivity index (χ1n) is 6.24. The summed E-state index contributed by atoms with van der Waals surface area (Å²) in [6.45, 7) is 4.18. The molecule has 98 valence electrons. The summed E-state index contributed by atoms with van der Waals surface area (Å²) in [5, 5.41) is 7.58. The average molecular weight is 256 g/mol. The Bertz CT molecular complexity index is 618. The minimum Gasteiger partial charge on any atom is -0.384 e. The molecule has 0 aliphatic heterocycles. The molecule has 0 amide bonds. The van der Waals surface area contributed by atoms with E-state index in [9.17, 15) is 4.39 Å². The van der Waals surface area contributed by atoms with Crippen molar-refractivity contribution < 1.29 is 4.39 Å². The summed E-state index contributed by atoms with van der Waals surface area (Å²) in [5.41, 5.74) is 8.43. The maximum Gasteiger partial charge on any atom is 0.134 e. The van der Waals surface area contributed by atoms with Gasteiger partial charge in [0.1, 0.15) is 11.7 Å². The third-order valence-electron chi connectivity index (χ3n) is 3.16. The maximum absolute atomic E-state index is 13.9. The van der Waals surface area contributed by atoms with E-state index in [4.69, 9.17) is 11.1 Å². The topological polar surface area (TPSA) is 49.9 Å². The first-order chi connectivity index (χ1) is 9.02. The molecule has 2 rings (SSSR count). The molecule has 2 nitrogen and oxygen atoms in total. The summed E-state index contributed by atoms with van der Waals surface area (Å²) >= 11 is 0. The number of benzene rings is 2. The normalized spacial score (nSPS) is 10.7. The van der Waals surface area contributed by atoms with Crippen LogP contribution in [0, 0.1) is 11.2 Å². The Morgan fingerprint density at radius 1 is 1.05 bits per heavy atom. The molecule has 0 saturated carbocycles. The van der Waals surface area contributed by atoms with E-state index in [2.05, 4.69) is 13.8 Å². The van der Waals surface area contributed by atoms with Gasteiger partial charge in [0.2, 0.25) is 0 Å². The van der Waals surface area contributed by atoms with E-state index in [-0.39, 0.29) is 11.4 Å². The van der Waals surface area contributed by atoms with Crippen molar-refractivity contribution in [2.24, 2.45) is 5.73 Å². The zero-order chi connectivity index (χ0) is 14.0. The quantitative estimate of drug-likeness (QED) is 0.635. The van der Waals surface area contributed by atoms with Crippen molar-refractivity contribution in [1.82, 2.24) is 0 Å². The van der Waals surface area contributed by atoms with Crippen molar-refractivity contribution in [2.75, 3.05) is 0 Å². The van der Waals surface area contributed by atoms with Crippen LogP contribution in [0.1, 0.15) is 30.9 Å². The molecule has 0 aliphatic carbocycles. The molecule has 3 heteroatoms. The van der Waals surface area contributed by atoms with Gasteiger partial charge in [-0.3, -0.25) is 5.41 Å². The van der Waals surface area contributed by atoms with Crippen molar-refractivity contribution in [3.63, 3.8) is 0 Å². The Morgan fingerprint density at radius 3 is 2.32 bits per heavy atom. The Morgan fingerprint density at radius 2 is 1.68 bits per heavy atom. The smallest absolute Gasteiger partial charge is 0.134 e. The van der Waals surface area contributed by atoms with Crippen LogP contribution in [0.5, 0.6) is 0 Å². The highest BCUT2D eigenvalue weighted by Gasteiger charge is 2.16. The molecule has 0 fully saturated rings. The molecule has 2 aromatic rings. The number of nitrogens with two attached hydrogens (primary N) is 1. The summed E-state index contributed by atoms with van der Waals surface area (Å²) in [6, 6.07) is 12.6. The fraction of sp³-hybridized carbons (Fsp3) is 0.188. The van der Waals surface area contributed by atoms with Gasteiger partial charge in [0, 0.05) is 0 Å².